The van der Waals surface area contributed by atoms with Crippen molar-refractivity contribution >= 4 is 17.2 Å². The van der Waals surface area contributed by atoms with Crippen LogP contribution in [0.5, 0.6) is 11.5 Å². The highest BCUT2D eigenvalue weighted by Crippen LogP contribution is 2.30. The summed E-state index contributed by atoms with van der Waals surface area (Å²) < 4.78 is 20.8. The number of para-hydroxylation sites is 1. The van der Waals surface area contributed by atoms with E-state index in [0.717, 1.165) is 0 Å². The topological polar surface area (TPSA) is 81.4 Å². The SMILES string of the molecule is O=C(Nc1cc(F)ccc1Oc1ccccc1)c1ccc2nnnn2c1. The van der Waals surface area contributed by atoms with Gasteiger partial charge in [0.1, 0.15) is 11.6 Å². The minimum Gasteiger partial charge on any atom is -0.455 e. The quantitative estimate of drug-likeness (QED) is 0.611. The fourth-order valence-electron chi connectivity index (χ4n) is 2.37. The zero-order valence-corrected chi connectivity index (χ0v) is 13.3. The number of rotatable bonds is 4. The molecule has 0 aliphatic heterocycles. The molecule has 0 aliphatic carbocycles. The Morgan fingerprint density at radius 3 is 2.77 bits per heavy atom. The van der Waals surface area contributed by atoms with Crippen molar-refractivity contribution in [3.8, 4) is 11.5 Å². The van der Waals surface area contributed by atoms with Crippen LogP contribution >= 0.6 is 0 Å². The largest absolute Gasteiger partial charge is 0.455 e. The van der Waals surface area contributed by atoms with Gasteiger partial charge in [-0.2, -0.15) is 4.52 Å². The highest BCUT2D eigenvalue weighted by Gasteiger charge is 2.13. The van der Waals surface area contributed by atoms with E-state index in [1.54, 1.807) is 24.3 Å². The van der Waals surface area contributed by atoms with Crippen LogP contribution in [-0.4, -0.2) is 25.9 Å². The van der Waals surface area contributed by atoms with Gasteiger partial charge in [-0.15, -0.1) is 5.10 Å². The Balaban J connectivity index is 1.62. The number of tetrazole rings is 1. The van der Waals surface area contributed by atoms with Gasteiger partial charge in [-0.1, -0.05) is 18.2 Å². The molecule has 2 aromatic carbocycles. The summed E-state index contributed by atoms with van der Waals surface area (Å²) in [7, 11) is 0. The molecule has 0 saturated carbocycles. The molecular formula is C18H12FN5O2. The van der Waals surface area contributed by atoms with E-state index in [1.807, 2.05) is 18.2 Å². The second kappa shape index (κ2) is 6.60. The van der Waals surface area contributed by atoms with E-state index in [0.29, 0.717) is 22.7 Å². The molecular weight excluding hydrogens is 337 g/mol. The van der Waals surface area contributed by atoms with Crippen LogP contribution in [0.2, 0.25) is 0 Å². The first-order valence-electron chi connectivity index (χ1n) is 7.70. The number of hydrogen-bond donors (Lipinski definition) is 1. The molecule has 0 fully saturated rings. The summed E-state index contributed by atoms with van der Waals surface area (Å²) in [6.45, 7) is 0. The van der Waals surface area contributed by atoms with E-state index >= 15 is 0 Å². The molecule has 26 heavy (non-hydrogen) atoms. The number of pyridine rings is 1. The maximum Gasteiger partial charge on any atom is 0.257 e. The van der Waals surface area contributed by atoms with Gasteiger partial charge in [-0.05, 0) is 46.8 Å². The lowest BCUT2D eigenvalue weighted by molar-refractivity contribution is 0.102. The van der Waals surface area contributed by atoms with Crippen molar-refractivity contribution in [3.05, 3.63) is 78.2 Å². The van der Waals surface area contributed by atoms with Crippen LogP contribution in [0, 0.1) is 5.82 Å². The highest BCUT2D eigenvalue weighted by molar-refractivity contribution is 6.05. The van der Waals surface area contributed by atoms with E-state index in [1.165, 1.54) is 28.9 Å². The average Bonchev–Trinajstić information content (AvgIpc) is 3.12. The smallest absolute Gasteiger partial charge is 0.257 e. The third-order valence-electron chi connectivity index (χ3n) is 3.61. The second-order valence-corrected chi connectivity index (χ2v) is 5.41. The number of benzene rings is 2. The Hall–Kier alpha value is -3.81. The Bertz CT molecular complexity index is 1080. The average molecular weight is 349 g/mol. The number of halogens is 1. The van der Waals surface area contributed by atoms with Crippen molar-refractivity contribution in [3.63, 3.8) is 0 Å². The zero-order valence-electron chi connectivity index (χ0n) is 13.3. The van der Waals surface area contributed by atoms with E-state index in [4.69, 9.17) is 4.74 Å². The van der Waals surface area contributed by atoms with E-state index in [2.05, 4.69) is 20.8 Å². The number of hydrogen-bond acceptors (Lipinski definition) is 5. The first-order valence-corrected chi connectivity index (χ1v) is 7.70. The van der Waals surface area contributed by atoms with E-state index < -0.39 is 11.7 Å². The predicted octanol–water partition coefficient (Wildman–Crippen LogP) is 3.31. The molecule has 0 bridgehead atoms. The number of amides is 1. The molecule has 0 unspecified atom stereocenters. The van der Waals surface area contributed by atoms with Crippen LogP contribution in [0.1, 0.15) is 10.4 Å². The van der Waals surface area contributed by atoms with Gasteiger partial charge in [0.15, 0.2) is 11.4 Å². The molecule has 4 aromatic rings. The van der Waals surface area contributed by atoms with Crippen molar-refractivity contribution in [1.82, 2.24) is 20.0 Å². The Kier molecular flexibility index (Phi) is 3.98. The molecule has 4 rings (SSSR count). The van der Waals surface area contributed by atoms with Crippen molar-refractivity contribution < 1.29 is 13.9 Å². The maximum absolute atomic E-state index is 13.7. The van der Waals surface area contributed by atoms with Crippen molar-refractivity contribution in [2.45, 2.75) is 0 Å². The molecule has 2 aromatic heterocycles. The van der Waals surface area contributed by atoms with Gasteiger partial charge in [0.05, 0.1) is 11.3 Å². The summed E-state index contributed by atoms with van der Waals surface area (Å²) in [5.41, 5.74) is 1.05. The van der Waals surface area contributed by atoms with Crippen LogP contribution in [0.4, 0.5) is 10.1 Å². The third kappa shape index (κ3) is 3.20. The summed E-state index contributed by atoms with van der Waals surface area (Å²) >= 11 is 0. The van der Waals surface area contributed by atoms with Crippen LogP contribution < -0.4 is 10.1 Å². The Morgan fingerprint density at radius 1 is 1.08 bits per heavy atom. The van der Waals surface area contributed by atoms with Crippen molar-refractivity contribution in [1.29, 1.82) is 0 Å². The fraction of sp³-hybridized carbons (Fsp3) is 0. The molecule has 0 atom stereocenters. The Morgan fingerprint density at radius 2 is 1.92 bits per heavy atom. The monoisotopic (exact) mass is 349 g/mol. The van der Waals surface area contributed by atoms with E-state index in [-0.39, 0.29) is 5.69 Å². The molecule has 2 heterocycles. The normalized spacial score (nSPS) is 10.7. The first-order chi connectivity index (χ1) is 12.7. The van der Waals surface area contributed by atoms with Gasteiger partial charge in [-0.25, -0.2) is 4.39 Å². The molecule has 8 heteroatoms. The number of nitrogens with one attached hydrogen (secondary N) is 1. The van der Waals surface area contributed by atoms with Gasteiger partial charge >= 0.3 is 0 Å². The lowest BCUT2D eigenvalue weighted by Crippen LogP contribution is -2.13. The molecule has 0 aliphatic rings. The summed E-state index contributed by atoms with van der Waals surface area (Å²) in [6.07, 6.45) is 1.49. The van der Waals surface area contributed by atoms with Crippen LogP contribution in [0.15, 0.2) is 66.9 Å². The molecule has 1 amide bonds. The Labute approximate surface area is 147 Å². The number of carbonyl (C=O) groups is 1. The summed E-state index contributed by atoms with van der Waals surface area (Å²) in [5, 5.41) is 13.7. The lowest BCUT2D eigenvalue weighted by atomic mass is 10.2. The van der Waals surface area contributed by atoms with Crippen LogP contribution in [0.3, 0.4) is 0 Å². The minimum atomic E-state index is -0.489. The number of carbonyl (C=O) groups excluding carboxylic acids is 1. The highest BCUT2D eigenvalue weighted by atomic mass is 19.1. The van der Waals surface area contributed by atoms with Gasteiger partial charge in [0.25, 0.3) is 5.91 Å². The summed E-state index contributed by atoms with van der Waals surface area (Å²) in [4.78, 5) is 12.5. The van der Waals surface area contributed by atoms with Crippen LogP contribution in [0.25, 0.3) is 5.65 Å². The van der Waals surface area contributed by atoms with Gasteiger partial charge < -0.3 is 10.1 Å². The third-order valence-corrected chi connectivity index (χ3v) is 3.61. The van der Waals surface area contributed by atoms with Gasteiger partial charge in [-0.3, -0.25) is 4.79 Å². The van der Waals surface area contributed by atoms with E-state index in [9.17, 15) is 9.18 Å². The molecule has 0 saturated heterocycles. The molecule has 1 N–H and O–H groups in total. The lowest BCUT2D eigenvalue weighted by Gasteiger charge is -2.12. The van der Waals surface area contributed by atoms with Crippen molar-refractivity contribution in [2.24, 2.45) is 0 Å². The first kappa shape index (κ1) is 15.7. The molecule has 7 nitrogen and oxygen atoms in total. The predicted molar refractivity (Wildman–Crippen MR) is 91.7 cm³/mol. The second-order valence-electron chi connectivity index (χ2n) is 5.41. The van der Waals surface area contributed by atoms with Gasteiger partial charge in [0.2, 0.25) is 0 Å². The zero-order chi connectivity index (χ0) is 17.9. The standard InChI is InChI=1S/C18H12FN5O2/c19-13-7-8-16(26-14-4-2-1-3-5-14)15(10-13)20-18(25)12-6-9-17-21-22-23-24(17)11-12/h1-11H,(H,20,25). The fourth-order valence-corrected chi connectivity index (χ4v) is 2.37. The summed E-state index contributed by atoms with van der Waals surface area (Å²) in [6, 6.07) is 16.1. The summed E-state index contributed by atoms with van der Waals surface area (Å²) in [5.74, 6) is -0.0262. The number of ether oxygens (including phenoxy) is 1. The molecule has 128 valence electrons. The van der Waals surface area contributed by atoms with Crippen LogP contribution in [-0.2, 0) is 0 Å². The van der Waals surface area contributed by atoms with Crippen molar-refractivity contribution in [2.75, 3.05) is 5.32 Å². The number of aromatic nitrogens is 4. The number of fused-ring (bicyclic) bond motifs is 1. The number of anilines is 1. The minimum absolute atomic E-state index is 0.218. The molecule has 0 radical (unpaired) electrons. The maximum atomic E-state index is 13.7. The number of nitrogens with zero attached hydrogens (tertiary/aromatic N) is 4. The molecule has 0 spiro atoms. The van der Waals surface area contributed by atoms with Gasteiger partial charge in [0, 0.05) is 12.3 Å².